The molecule has 0 aromatic rings. The van der Waals surface area contributed by atoms with Crippen LogP contribution in [0.2, 0.25) is 6.04 Å². The predicted molar refractivity (Wildman–Crippen MR) is 98.0 cm³/mol. The highest BCUT2D eigenvalue weighted by atomic mass is 28.4. The van der Waals surface area contributed by atoms with Crippen molar-refractivity contribution in [3.63, 3.8) is 0 Å². The maximum absolute atomic E-state index is 11.1. The van der Waals surface area contributed by atoms with Crippen molar-refractivity contribution in [2.24, 2.45) is 5.92 Å². The summed E-state index contributed by atoms with van der Waals surface area (Å²) >= 11 is 0. The second kappa shape index (κ2) is 11.1. The van der Waals surface area contributed by atoms with Gasteiger partial charge in [-0.05, 0) is 38.5 Å². The van der Waals surface area contributed by atoms with Crippen LogP contribution in [0.25, 0.3) is 0 Å². The van der Waals surface area contributed by atoms with Crippen LogP contribution < -0.4 is 0 Å². The van der Waals surface area contributed by atoms with Gasteiger partial charge in [-0.15, -0.1) is 0 Å². The number of rotatable bonds is 9. The average Bonchev–Trinajstić information content (AvgIpc) is 3.41. The summed E-state index contributed by atoms with van der Waals surface area (Å²) in [5, 5.41) is 0. The zero-order chi connectivity index (χ0) is 18.9. The van der Waals surface area contributed by atoms with Gasteiger partial charge in [0.1, 0.15) is 0 Å². The molecule has 0 N–H and O–H groups in total. The minimum atomic E-state index is -2.53. The van der Waals surface area contributed by atoms with Gasteiger partial charge in [-0.25, -0.2) is 4.79 Å². The van der Waals surface area contributed by atoms with Gasteiger partial charge in [-0.1, -0.05) is 19.9 Å². The average molecular weight is 374 g/mol. The Morgan fingerprint density at radius 3 is 2.28 bits per heavy atom. The molecule has 3 unspecified atom stereocenters. The van der Waals surface area contributed by atoms with E-state index in [4.69, 9.17) is 22.8 Å². The number of fused-ring (bicyclic) bond motifs is 1. The molecule has 1 radical (unpaired) electrons. The van der Waals surface area contributed by atoms with Crippen LogP contribution in [0, 0.1) is 12.8 Å². The summed E-state index contributed by atoms with van der Waals surface area (Å²) in [5.74, 6) is 0.494. The molecule has 0 spiro atoms. The second-order valence-electron chi connectivity index (χ2n) is 6.50. The van der Waals surface area contributed by atoms with Gasteiger partial charge in [0.2, 0.25) is 0 Å². The standard InChI is InChI=1S/C10H20O5Si.C8H13O/c1-9(2)10(11)15-7-6-8-16(12-3,13-4)14-5;1-2-6-3-4-7-8(5-6)9-7/h1,6-8H2,2-5H3;6-8H,1-5H2. The number of carbonyl (C=O) groups excluding carboxylic acids is 1. The van der Waals surface area contributed by atoms with Crippen molar-refractivity contribution in [3.8, 4) is 0 Å². The largest absolute Gasteiger partial charge is 0.500 e. The Morgan fingerprint density at radius 1 is 1.16 bits per heavy atom. The van der Waals surface area contributed by atoms with E-state index < -0.39 is 8.80 Å². The van der Waals surface area contributed by atoms with Crippen molar-refractivity contribution in [2.75, 3.05) is 27.9 Å². The number of hydrogen-bond acceptors (Lipinski definition) is 6. The molecule has 6 nitrogen and oxygen atoms in total. The second-order valence-corrected chi connectivity index (χ2v) is 9.59. The highest BCUT2D eigenvalue weighted by Crippen LogP contribution is 2.40. The van der Waals surface area contributed by atoms with Crippen LogP contribution in [-0.4, -0.2) is 54.9 Å². The van der Waals surface area contributed by atoms with Crippen molar-refractivity contribution in [1.29, 1.82) is 0 Å². The number of hydrogen-bond donors (Lipinski definition) is 0. The van der Waals surface area contributed by atoms with E-state index in [0.717, 1.165) is 12.3 Å². The minimum Gasteiger partial charge on any atom is -0.462 e. The third-order valence-corrected chi connectivity index (χ3v) is 7.49. The van der Waals surface area contributed by atoms with E-state index >= 15 is 0 Å². The highest BCUT2D eigenvalue weighted by Gasteiger charge is 2.43. The molecular weight excluding hydrogens is 340 g/mol. The van der Waals surface area contributed by atoms with Crippen LogP contribution in [0.4, 0.5) is 0 Å². The summed E-state index contributed by atoms with van der Waals surface area (Å²) in [6.07, 6.45) is 6.98. The lowest BCUT2D eigenvalue weighted by Crippen LogP contribution is -2.42. The Labute approximate surface area is 153 Å². The van der Waals surface area contributed by atoms with Crippen molar-refractivity contribution in [1.82, 2.24) is 0 Å². The molecule has 0 aromatic heterocycles. The first-order valence-electron chi connectivity index (χ1n) is 8.84. The van der Waals surface area contributed by atoms with E-state index in [9.17, 15) is 4.79 Å². The molecule has 1 heterocycles. The number of ether oxygens (including phenoxy) is 2. The molecule has 0 bridgehead atoms. The van der Waals surface area contributed by atoms with Gasteiger partial charge < -0.3 is 22.8 Å². The summed E-state index contributed by atoms with van der Waals surface area (Å²) < 4.78 is 26.0. The van der Waals surface area contributed by atoms with Crippen LogP contribution in [0.5, 0.6) is 0 Å². The van der Waals surface area contributed by atoms with E-state index in [1.807, 2.05) is 0 Å². The third kappa shape index (κ3) is 7.58. The molecule has 1 aliphatic carbocycles. The van der Waals surface area contributed by atoms with Gasteiger partial charge in [-0.2, -0.15) is 0 Å². The fourth-order valence-corrected chi connectivity index (χ4v) is 4.57. The SMILES string of the molecule is C=C(C)C(=O)OCCC[Si](OC)(OC)OC.[CH2]CC1CCC2OC2C1. The highest BCUT2D eigenvalue weighted by molar-refractivity contribution is 6.60. The van der Waals surface area contributed by atoms with Gasteiger partial charge >= 0.3 is 14.8 Å². The normalized spacial score (nSPS) is 24.6. The van der Waals surface area contributed by atoms with Crippen LogP contribution in [0.3, 0.4) is 0 Å². The Kier molecular flexibility index (Phi) is 9.89. The van der Waals surface area contributed by atoms with E-state index in [0.29, 0.717) is 36.9 Å². The lowest BCUT2D eigenvalue weighted by Gasteiger charge is -2.24. The molecule has 1 aliphatic heterocycles. The Hall–Kier alpha value is -0.733. The molecule has 1 saturated carbocycles. The van der Waals surface area contributed by atoms with Gasteiger partial charge in [-0.3, -0.25) is 0 Å². The molecule has 2 aliphatic rings. The van der Waals surface area contributed by atoms with E-state index in [-0.39, 0.29) is 5.97 Å². The maximum atomic E-state index is 11.1. The lowest BCUT2D eigenvalue weighted by molar-refractivity contribution is -0.139. The van der Waals surface area contributed by atoms with E-state index in [1.54, 1.807) is 28.3 Å². The lowest BCUT2D eigenvalue weighted by atomic mass is 9.88. The summed E-state index contributed by atoms with van der Waals surface area (Å²) in [7, 11) is 2.13. The molecular formula is C18H33O6Si. The smallest absolute Gasteiger partial charge is 0.462 e. The van der Waals surface area contributed by atoms with Crippen molar-refractivity contribution < 1.29 is 27.5 Å². The quantitative estimate of drug-likeness (QED) is 0.203. The molecule has 145 valence electrons. The van der Waals surface area contributed by atoms with Crippen molar-refractivity contribution in [3.05, 3.63) is 19.1 Å². The first-order valence-corrected chi connectivity index (χ1v) is 10.8. The van der Waals surface area contributed by atoms with E-state index in [1.165, 1.54) is 19.3 Å². The van der Waals surface area contributed by atoms with Gasteiger partial charge in [0.05, 0.1) is 18.8 Å². The van der Waals surface area contributed by atoms with Gasteiger partial charge in [0.15, 0.2) is 0 Å². The summed E-state index contributed by atoms with van der Waals surface area (Å²) in [4.78, 5) is 11.1. The van der Waals surface area contributed by atoms with Crippen LogP contribution in [-0.2, 0) is 27.5 Å². The van der Waals surface area contributed by atoms with Crippen LogP contribution >= 0.6 is 0 Å². The summed E-state index contributed by atoms with van der Waals surface area (Å²) in [6.45, 7) is 9.33. The molecule has 7 heteroatoms. The Morgan fingerprint density at radius 2 is 1.80 bits per heavy atom. The van der Waals surface area contributed by atoms with Crippen LogP contribution in [0.1, 0.15) is 39.0 Å². The molecule has 2 rings (SSSR count). The van der Waals surface area contributed by atoms with E-state index in [2.05, 4.69) is 13.5 Å². The van der Waals surface area contributed by atoms with Crippen LogP contribution in [0.15, 0.2) is 12.2 Å². The molecule has 0 aromatic carbocycles. The number of carbonyl (C=O) groups is 1. The first-order chi connectivity index (χ1) is 11.9. The monoisotopic (exact) mass is 373 g/mol. The minimum absolute atomic E-state index is 0.316. The zero-order valence-electron chi connectivity index (χ0n) is 16.0. The third-order valence-electron chi connectivity index (χ3n) is 4.66. The summed E-state index contributed by atoms with van der Waals surface area (Å²) in [6, 6.07) is 0.611. The molecule has 1 saturated heterocycles. The maximum Gasteiger partial charge on any atom is 0.500 e. The fourth-order valence-electron chi connectivity index (χ4n) is 2.88. The Balaban J connectivity index is 0.000000286. The fraction of sp³-hybridized carbons (Fsp3) is 0.778. The number of esters is 1. The van der Waals surface area contributed by atoms with Gasteiger partial charge in [0, 0.05) is 32.9 Å². The number of epoxide rings is 1. The van der Waals surface area contributed by atoms with Crippen molar-refractivity contribution in [2.45, 2.75) is 57.3 Å². The Bertz CT molecular complexity index is 416. The predicted octanol–water partition coefficient (Wildman–Crippen LogP) is 3.15. The molecule has 3 atom stereocenters. The molecule has 2 fully saturated rings. The van der Waals surface area contributed by atoms with Gasteiger partial charge in [0.25, 0.3) is 0 Å². The topological polar surface area (TPSA) is 66.5 Å². The summed E-state index contributed by atoms with van der Waals surface area (Å²) in [5.41, 5.74) is 0.397. The molecule has 25 heavy (non-hydrogen) atoms. The molecule has 0 amide bonds. The first kappa shape index (κ1) is 22.3. The van der Waals surface area contributed by atoms with Crippen molar-refractivity contribution >= 4 is 14.8 Å². The zero-order valence-corrected chi connectivity index (χ0v) is 17.0.